The van der Waals surface area contributed by atoms with Crippen molar-refractivity contribution in [2.75, 3.05) is 7.11 Å². The van der Waals surface area contributed by atoms with E-state index in [2.05, 4.69) is 10.6 Å². The van der Waals surface area contributed by atoms with Crippen molar-refractivity contribution in [3.05, 3.63) is 0 Å². The molecule has 4 aliphatic heterocycles. The van der Waals surface area contributed by atoms with Crippen LogP contribution in [-0.4, -0.2) is 88.5 Å². The number of rotatable bonds is 4. The minimum absolute atomic E-state index is 0.0148. The number of hydrogen-bond donors (Lipinski definition) is 2. The van der Waals surface area contributed by atoms with Crippen molar-refractivity contribution in [1.29, 1.82) is 0 Å². The Bertz CT molecular complexity index is 901. The number of amides is 4. The Labute approximate surface area is 205 Å². The number of hydrogen-bond acceptors (Lipinski definition) is 7. The molecule has 0 spiro atoms. The summed E-state index contributed by atoms with van der Waals surface area (Å²) in [7, 11) is 1.31. The van der Waals surface area contributed by atoms with E-state index in [1.54, 1.807) is 30.6 Å². The van der Waals surface area contributed by atoms with Crippen LogP contribution < -0.4 is 10.6 Å². The average molecular weight is 493 g/mol. The normalized spacial score (nSPS) is 32.6. The number of carbonyl (C=O) groups excluding carboxylic acids is 5. The van der Waals surface area contributed by atoms with Gasteiger partial charge in [0, 0.05) is 12.1 Å². The van der Waals surface area contributed by atoms with Crippen molar-refractivity contribution < 1.29 is 33.4 Å². The molecule has 11 heteroatoms. The number of methoxy groups -OCH3 is 1. The summed E-state index contributed by atoms with van der Waals surface area (Å²) in [6, 6.07) is -2.88. The fraction of sp³-hybridized carbons (Fsp3) is 0.792. The molecule has 0 aromatic carbocycles. The van der Waals surface area contributed by atoms with Gasteiger partial charge in [0.15, 0.2) is 0 Å². The van der Waals surface area contributed by atoms with E-state index >= 15 is 0 Å². The predicted molar refractivity (Wildman–Crippen MR) is 123 cm³/mol. The van der Waals surface area contributed by atoms with Crippen LogP contribution in [-0.2, 0) is 28.7 Å². The summed E-state index contributed by atoms with van der Waals surface area (Å²) >= 11 is 0. The molecule has 4 amide bonds. The zero-order valence-electron chi connectivity index (χ0n) is 20.9. The highest BCUT2D eigenvalue weighted by Gasteiger charge is 2.50. The van der Waals surface area contributed by atoms with Gasteiger partial charge in [0.05, 0.1) is 7.11 Å². The van der Waals surface area contributed by atoms with Gasteiger partial charge in [-0.2, -0.15) is 0 Å². The third-order valence-electron chi connectivity index (χ3n) is 7.47. The predicted octanol–water partition coefficient (Wildman–Crippen LogP) is 0.844. The smallest absolute Gasteiger partial charge is 0.408 e. The summed E-state index contributed by atoms with van der Waals surface area (Å²) < 4.78 is 10.1. The minimum atomic E-state index is -0.753. The van der Waals surface area contributed by atoms with Gasteiger partial charge in [0.2, 0.25) is 17.7 Å². The Kier molecular flexibility index (Phi) is 6.97. The summed E-state index contributed by atoms with van der Waals surface area (Å²) in [6.07, 6.45) is 4.18. The van der Waals surface area contributed by atoms with Crippen LogP contribution in [0.2, 0.25) is 0 Å². The maximum atomic E-state index is 13.3. The van der Waals surface area contributed by atoms with Gasteiger partial charge in [-0.05, 0) is 72.1 Å². The second-order valence-corrected chi connectivity index (χ2v) is 10.9. The van der Waals surface area contributed by atoms with Crippen LogP contribution in [0.1, 0.15) is 72.1 Å². The van der Waals surface area contributed by atoms with Crippen molar-refractivity contribution in [2.45, 2.75) is 114 Å². The fourth-order valence-electron chi connectivity index (χ4n) is 5.94. The van der Waals surface area contributed by atoms with E-state index in [4.69, 9.17) is 9.47 Å². The largest absolute Gasteiger partial charge is 0.467 e. The molecule has 0 radical (unpaired) electrons. The van der Waals surface area contributed by atoms with Gasteiger partial charge < -0.3 is 29.9 Å². The third-order valence-corrected chi connectivity index (χ3v) is 7.47. The van der Waals surface area contributed by atoms with Crippen molar-refractivity contribution >= 4 is 29.8 Å². The highest BCUT2D eigenvalue weighted by molar-refractivity contribution is 5.96. The van der Waals surface area contributed by atoms with Crippen LogP contribution in [0.15, 0.2) is 0 Å². The van der Waals surface area contributed by atoms with E-state index in [1.165, 1.54) is 7.11 Å². The molecule has 6 atom stereocenters. The topological polar surface area (TPSA) is 134 Å². The first-order valence-corrected chi connectivity index (χ1v) is 12.5. The van der Waals surface area contributed by atoms with E-state index in [1.807, 2.05) is 0 Å². The lowest BCUT2D eigenvalue weighted by atomic mass is 9.97. The standard InChI is InChI=1S/C24H36N4O7/c1-24(2,3)35-23(33)26-16-10-6-13-7-11-17(27(13)21(16)31)19(29)25-15-9-5-14-8-12-18(22(32)34-4)28(14)20(15)30/h13-18H,5-12H2,1-4H3,(H,25,29)(H,26,33)/t13-,14-,15+,16+,17-,18-/m0/s1. The molecule has 0 bridgehead atoms. The lowest BCUT2D eigenvalue weighted by Gasteiger charge is -2.40. The Balaban J connectivity index is 1.40. The maximum Gasteiger partial charge on any atom is 0.408 e. The van der Waals surface area contributed by atoms with E-state index in [0.717, 1.165) is 6.42 Å². The molecule has 0 aromatic rings. The van der Waals surface area contributed by atoms with E-state index in [0.29, 0.717) is 44.9 Å². The van der Waals surface area contributed by atoms with E-state index < -0.39 is 41.8 Å². The Morgan fingerprint density at radius 2 is 1.26 bits per heavy atom. The fourth-order valence-corrected chi connectivity index (χ4v) is 5.94. The highest BCUT2D eigenvalue weighted by Crippen LogP contribution is 2.35. The number of ether oxygens (including phenoxy) is 2. The lowest BCUT2D eigenvalue weighted by molar-refractivity contribution is -0.155. The van der Waals surface area contributed by atoms with Gasteiger partial charge in [0.1, 0.15) is 29.8 Å². The molecule has 4 rings (SSSR count). The number of nitrogens with zero attached hydrogens (tertiary/aromatic N) is 2. The van der Waals surface area contributed by atoms with Crippen molar-refractivity contribution in [2.24, 2.45) is 0 Å². The first-order chi connectivity index (χ1) is 16.5. The molecular formula is C24H36N4O7. The van der Waals surface area contributed by atoms with E-state index in [9.17, 15) is 24.0 Å². The summed E-state index contributed by atoms with van der Waals surface area (Å²) in [6.45, 7) is 5.24. The molecule has 4 saturated heterocycles. The lowest BCUT2D eigenvalue weighted by Crippen LogP contribution is -2.62. The molecule has 4 heterocycles. The molecule has 4 aliphatic rings. The summed E-state index contributed by atoms with van der Waals surface area (Å²) in [5.74, 6) is -1.38. The van der Waals surface area contributed by atoms with Gasteiger partial charge in [-0.3, -0.25) is 14.4 Å². The maximum absolute atomic E-state index is 13.3. The molecule has 0 saturated carbocycles. The highest BCUT2D eigenvalue weighted by atomic mass is 16.6. The Hall–Kier alpha value is -2.85. The van der Waals surface area contributed by atoms with Crippen molar-refractivity contribution in [3.8, 4) is 0 Å². The summed E-state index contributed by atoms with van der Waals surface area (Å²) in [4.78, 5) is 67.2. The first-order valence-electron chi connectivity index (χ1n) is 12.5. The molecule has 0 aliphatic carbocycles. The molecular weight excluding hydrogens is 456 g/mol. The van der Waals surface area contributed by atoms with Gasteiger partial charge in [0.25, 0.3) is 0 Å². The van der Waals surface area contributed by atoms with Crippen LogP contribution in [0.3, 0.4) is 0 Å². The zero-order valence-corrected chi connectivity index (χ0v) is 20.9. The summed E-state index contributed by atoms with van der Waals surface area (Å²) in [5.41, 5.74) is -0.686. The van der Waals surface area contributed by atoms with Gasteiger partial charge >= 0.3 is 12.1 Å². The molecule has 0 aromatic heterocycles. The Morgan fingerprint density at radius 3 is 1.80 bits per heavy atom. The van der Waals surface area contributed by atoms with Crippen molar-refractivity contribution in [3.63, 3.8) is 0 Å². The summed E-state index contributed by atoms with van der Waals surface area (Å²) in [5, 5.41) is 5.50. The number of alkyl carbamates (subject to hydrolysis) is 1. The SMILES string of the molecule is COC(=O)[C@@H]1CC[C@@H]2CC[C@@H](NC(=O)[C@@H]3CC[C@@H]4CC[C@@H](NC(=O)OC(C)(C)C)C(=O)N43)C(=O)N21. The van der Waals surface area contributed by atoms with Crippen LogP contribution in [0, 0.1) is 0 Å². The van der Waals surface area contributed by atoms with E-state index in [-0.39, 0.29) is 29.8 Å². The molecule has 2 N–H and O–H groups in total. The van der Waals surface area contributed by atoms with Crippen LogP contribution in [0.5, 0.6) is 0 Å². The number of fused-ring (bicyclic) bond motifs is 2. The van der Waals surface area contributed by atoms with Gasteiger partial charge in [-0.15, -0.1) is 0 Å². The quantitative estimate of drug-likeness (QED) is 0.556. The molecule has 194 valence electrons. The van der Waals surface area contributed by atoms with Gasteiger partial charge in [-0.1, -0.05) is 0 Å². The number of piperidine rings is 2. The average Bonchev–Trinajstić information content (AvgIpc) is 3.41. The molecule has 0 unspecified atom stereocenters. The number of esters is 1. The second kappa shape index (κ2) is 9.66. The van der Waals surface area contributed by atoms with Crippen LogP contribution in [0.4, 0.5) is 4.79 Å². The van der Waals surface area contributed by atoms with Crippen LogP contribution in [0.25, 0.3) is 0 Å². The number of carbonyl (C=O) groups is 5. The first kappa shape index (κ1) is 25.2. The third kappa shape index (κ3) is 5.08. The second-order valence-electron chi connectivity index (χ2n) is 10.9. The molecule has 4 fully saturated rings. The van der Waals surface area contributed by atoms with Crippen LogP contribution >= 0.6 is 0 Å². The van der Waals surface area contributed by atoms with Crippen molar-refractivity contribution in [1.82, 2.24) is 20.4 Å². The zero-order chi connectivity index (χ0) is 25.5. The number of nitrogens with one attached hydrogen (secondary N) is 2. The Morgan fingerprint density at radius 1 is 0.771 bits per heavy atom. The molecule has 11 nitrogen and oxygen atoms in total. The molecule has 35 heavy (non-hydrogen) atoms. The van der Waals surface area contributed by atoms with Gasteiger partial charge in [-0.25, -0.2) is 9.59 Å². The minimum Gasteiger partial charge on any atom is -0.467 e. The monoisotopic (exact) mass is 492 g/mol.